The van der Waals surface area contributed by atoms with Crippen LogP contribution in [-0.4, -0.2) is 30.4 Å². The van der Waals surface area contributed by atoms with Gasteiger partial charge in [0.1, 0.15) is 6.29 Å². The second kappa shape index (κ2) is 4.66. The van der Waals surface area contributed by atoms with Crippen molar-refractivity contribution in [2.24, 2.45) is 0 Å². The molecule has 2 heterocycles. The van der Waals surface area contributed by atoms with Gasteiger partial charge in [0.15, 0.2) is 5.79 Å². The van der Waals surface area contributed by atoms with Crippen LogP contribution in [0.1, 0.15) is 20.3 Å². The minimum absolute atomic E-state index is 0. The van der Waals surface area contributed by atoms with Crippen molar-refractivity contribution < 1.29 is 51.7 Å². The summed E-state index contributed by atoms with van der Waals surface area (Å²) >= 11 is 0. The number of carbonyl (C=O) groups is 1. The summed E-state index contributed by atoms with van der Waals surface area (Å²) in [6.45, 7) is 5.34. The summed E-state index contributed by atoms with van der Waals surface area (Å²) in [6.07, 6.45) is 0.775. The molecule has 0 aliphatic carbocycles. The average Bonchev–Trinajstić information content (AvgIpc) is 2.48. The van der Waals surface area contributed by atoms with E-state index in [0.717, 1.165) is 6.29 Å². The first-order chi connectivity index (χ1) is 6.12. The largest absolute Gasteiger partial charge is 0.545 e. The number of hydrogen-bond acceptors (Lipinski definition) is 4. The topological polar surface area (TPSA) is 44.8 Å². The normalized spacial score (nSPS) is 38.9. The molecule has 2 aliphatic rings. The van der Waals surface area contributed by atoms with Gasteiger partial charge >= 0.3 is 0 Å². The van der Waals surface area contributed by atoms with E-state index in [0.29, 0.717) is 6.42 Å². The zero-order chi connectivity index (χ0) is 9.47. The van der Waals surface area contributed by atoms with E-state index in [1.807, 2.05) is 13.8 Å². The van der Waals surface area contributed by atoms with Gasteiger partial charge in [-0.1, -0.05) is 0 Å². The maximum Gasteiger partial charge on any atom is 0.160 e. The maximum absolute atomic E-state index is 10.3. The minimum atomic E-state index is -0.559. The molecule has 2 saturated heterocycles. The molecule has 0 aromatic heterocycles. The molecule has 77 valence electrons. The van der Waals surface area contributed by atoms with Crippen LogP contribution in [0.25, 0.3) is 0 Å². The minimum Gasteiger partial charge on any atom is -0.545 e. The van der Waals surface area contributed by atoms with Gasteiger partial charge in [-0.15, -0.1) is 0 Å². The zero-order valence-corrected chi connectivity index (χ0v) is 11.1. The van der Waals surface area contributed by atoms with E-state index in [1.54, 1.807) is 6.61 Å². The van der Waals surface area contributed by atoms with Crippen molar-refractivity contribution in [3.05, 3.63) is 6.61 Å². The Balaban J connectivity index is 0.000000980. The Morgan fingerprint density at radius 1 is 1.43 bits per heavy atom. The number of carbonyl (C=O) groups excluding carboxylic acids is 1. The summed E-state index contributed by atoms with van der Waals surface area (Å²) in [5.41, 5.74) is 0. The first kappa shape index (κ1) is 12.7. The standard InChI is InChI=1S/C9H13O4.Y/c1-9(2)12-7-5-11-6(3-4-10)8(7)13-9;/h4-8H,3H2,1-2H3;/q-1;/t6-,7?,8?;/m0./s1. The van der Waals surface area contributed by atoms with Gasteiger partial charge in [-0.05, 0) is 20.0 Å². The zero-order valence-electron chi connectivity index (χ0n) is 8.30. The van der Waals surface area contributed by atoms with Gasteiger partial charge in [-0.25, -0.2) is 0 Å². The fourth-order valence-electron chi connectivity index (χ4n) is 1.75. The van der Waals surface area contributed by atoms with Crippen molar-refractivity contribution in [3.63, 3.8) is 0 Å². The second-order valence-corrected chi connectivity index (χ2v) is 3.78. The molecule has 3 atom stereocenters. The molecule has 2 rings (SSSR count). The molecule has 0 bridgehead atoms. The average molecular weight is 274 g/mol. The molecule has 5 heteroatoms. The van der Waals surface area contributed by atoms with Gasteiger partial charge < -0.3 is 19.0 Å². The molecule has 0 spiro atoms. The summed E-state index contributed by atoms with van der Waals surface area (Å²) in [5.74, 6) is -0.559. The molecule has 4 nitrogen and oxygen atoms in total. The third-order valence-corrected chi connectivity index (χ3v) is 2.25. The molecular formula is C9H13O4Y-. The summed E-state index contributed by atoms with van der Waals surface area (Å²) < 4.78 is 16.4. The van der Waals surface area contributed by atoms with Gasteiger partial charge in [-0.3, -0.25) is 0 Å². The first-order valence-corrected chi connectivity index (χ1v) is 4.40. The van der Waals surface area contributed by atoms with Gasteiger partial charge in [0.2, 0.25) is 0 Å². The van der Waals surface area contributed by atoms with E-state index < -0.39 is 5.79 Å². The van der Waals surface area contributed by atoms with E-state index in [9.17, 15) is 4.79 Å². The van der Waals surface area contributed by atoms with Crippen LogP contribution in [0.2, 0.25) is 0 Å². The van der Waals surface area contributed by atoms with Crippen molar-refractivity contribution >= 4 is 6.29 Å². The van der Waals surface area contributed by atoms with Gasteiger partial charge in [-0.2, -0.15) is 6.61 Å². The van der Waals surface area contributed by atoms with Crippen molar-refractivity contribution in [1.82, 2.24) is 0 Å². The van der Waals surface area contributed by atoms with E-state index in [4.69, 9.17) is 14.2 Å². The molecule has 2 unspecified atom stereocenters. The third kappa shape index (κ3) is 2.42. The van der Waals surface area contributed by atoms with Crippen LogP contribution in [-0.2, 0) is 51.7 Å². The molecule has 0 amide bonds. The summed E-state index contributed by atoms with van der Waals surface area (Å²) in [5, 5.41) is 0. The molecule has 0 saturated carbocycles. The molecule has 0 N–H and O–H groups in total. The van der Waals surface area contributed by atoms with E-state index in [1.165, 1.54) is 0 Å². The SMILES string of the molecule is CC1(C)OC2[CH-]O[C@@H](CC=O)C2O1.[Y]. The van der Waals surface area contributed by atoms with Crippen molar-refractivity contribution in [1.29, 1.82) is 0 Å². The molecule has 2 aliphatic heterocycles. The first-order valence-electron chi connectivity index (χ1n) is 4.40. The Kier molecular flexibility index (Phi) is 4.24. The van der Waals surface area contributed by atoms with Gasteiger partial charge in [0.05, 0.1) is 12.2 Å². The molecule has 1 radical (unpaired) electrons. The molecular weight excluding hydrogens is 261 g/mol. The molecule has 14 heavy (non-hydrogen) atoms. The Morgan fingerprint density at radius 3 is 2.79 bits per heavy atom. The predicted octanol–water partition coefficient (Wildman–Crippen LogP) is 0.654. The van der Waals surface area contributed by atoms with Crippen molar-refractivity contribution in [3.8, 4) is 0 Å². The van der Waals surface area contributed by atoms with Crippen LogP contribution in [0, 0.1) is 6.61 Å². The Bertz CT molecular complexity index is 219. The van der Waals surface area contributed by atoms with E-state index in [-0.39, 0.29) is 51.0 Å². The van der Waals surface area contributed by atoms with Crippen LogP contribution in [0.4, 0.5) is 0 Å². The fraction of sp³-hybridized carbons (Fsp3) is 0.778. The molecule has 0 aromatic rings. The Morgan fingerprint density at radius 2 is 2.14 bits per heavy atom. The smallest absolute Gasteiger partial charge is 0.160 e. The number of ether oxygens (including phenoxy) is 3. The number of aldehydes is 1. The summed E-state index contributed by atoms with van der Waals surface area (Å²) in [7, 11) is 0. The van der Waals surface area contributed by atoms with Crippen LogP contribution >= 0.6 is 0 Å². The van der Waals surface area contributed by atoms with Crippen molar-refractivity contribution in [2.75, 3.05) is 0 Å². The maximum atomic E-state index is 10.3. The molecule has 2 fully saturated rings. The van der Waals surface area contributed by atoms with Gasteiger partial charge in [0.25, 0.3) is 0 Å². The monoisotopic (exact) mass is 274 g/mol. The quantitative estimate of drug-likeness (QED) is 0.548. The van der Waals surface area contributed by atoms with Gasteiger partial charge in [0, 0.05) is 39.1 Å². The molecule has 0 aromatic carbocycles. The van der Waals surface area contributed by atoms with E-state index >= 15 is 0 Å². The van der Waals surface area contributed by atoms with Crippen LogP contribution in [0.3, 0.4) is 0 Å². The van der Waals surface area contributed by atoms with Crippen LogP contribution in [0.15, 0.2) is 0 Å². The number of fused-ring (bicyclic) bond motifs is 1. The Hall–Kier alpha value is 0.654. The Labute approximate surface area is 109 Å². The summed E-state index contributed by atoms with van der Waals surface area (Å²) in [4.78, 5) is 10.3. The fourth-order valence-corrected chi connectivity index (χ4v) is 1.75. The van der Waals surface area contributed by atoms with Crippen LogP contribution in [0.5, 0.6) is 0 Å². The van der Waals surface area contributed by atoms with E-state index in [2.05, 4.69) is 0 Å². The number of rotatable bonds is 2. The second-order valence-electron chi connectivity index (χ2n) is 3.78. The third-order valence-electron chi connectivity index (χ3n) is 2.25. The van der Waals surface area contributed by atoms with Crippen molar-refractivity contribution in [2.45, 2.75) is 44.4 Å². The number of hydrogen-bond donors (Lipinski definition) is 0. The van der Waals surface area contributed by atoms with Crippen LogP contribution < -0.4 is 0 Å². The predicted molar refractivity (Wildman–Crippen MR) is 43.7 cm³/mol. The summed E-state index contributed by atoms with van der Waals surface area (Å²) in [6, 6.07) is 0.